The summed E-state index contributed by atoms with van der Waals surface area (Å²) in [4.78, 5) is 35.4. The molecule has 132 valence electrons. The van der Waals surface area contributed by atoms with E-state index in [2.05, 4.69) is 20.3 Å². The van der Waals surface area contributed by atoms with Crippen molar-refractivity contribution >= 4 is 41.0 Å². The molecule has 0 aliphatic carbocycles. The van der Waals surface area contributed by atoms with Crippen LogP contribution in [-0.4, -0.2) is 47.5 Å². The van der Waals surface area contributed by atoms with Crippen LogP contribution >= 0.6 is 11.8 Å². The molecule has 1 N–H and O–H groups in total. The first kappa shape index (κ1) is 18.7. The third-order valence-corrected chi connectivity index (χ3v) is 4.03. The fourth-order valence-electron chi connectivity index (χ4n) is 1.82. The summed E-state index contributed by atoms with van der Waals surface area (Å²) in [5.74, 6) is -1.13. The van der Waals surface area contributed by atoms with E-state index >= 15 is 0 Å². The van der Waals surface area contributed by atoms with Crippen LogP contribution in [0, 0.1) is 0 Å². The van der Waals surface area contributed by atoms with Crippen molar-refractivity contribution in [1.29, 1.82) is 0 Å². The first-order chi connectivity index (χ1) is 11.9. The lowest BCUT2D eigenvalue weighted by Crippen LogP contribution is -2.38. The molecule has 1 aromatic rings. The second kappa shape index (κ2) is 8.43. The molecule has 0 bridgehead atoms. The largest absolute Gasteiger partial charge is 0.465 e. The van der Waals surface area contributed by atoms with Gasteiger partial charge in [0.2, 0.25) is 5.91 Å². The Morgan fingerprint density at radius 3 is 2.64 bits per heavy atom. The van der Waals surface area contributed by atoms with Crippen LogP contribution in [0.1, 0.15) is 24.2 Å². The number of ether oxygens (including phenoxy) is 2. The van der Waals surface area contributed by atoms with Crippen molar-refractivity contribution in [2.45, 2.75) is 19.2 Å². The van der Waals surface area contributed by atoms with Gasteiger partial charge in [0.15, 0.2) is 0 Å². The number of hydrogen-bond acceptors (Lipinski definition) is 8. The number of Topliss-reactive ketones (excluding diaryl/α,β-unsaturated/α-hetero) is 1. The summed E-state index contributed by atoms with van der Waals surface area (Å²) in [6, 6.07) is 6.14. The first-order valence-electron chi connectivity index (χ1n) is 7.31. The second-order valence-corrected chi connectivity index (χ2v) is 6.29. The second-order valence-electron chi connectivity index (χ2n) is 5.20. The molecule has 25 heavy (non-hydrogen) atoms. The van der Waals surface area contributed by atoms with Crippen LogP contribution in [0.3, 0.4) is 0 Å². The highest BCUT2D eigenvalue weighted by Crippen LogP contribution is 2.19. The number of methoxy groups -OCH3 is 1. The first-order valence-corrected chi connectivity index (χ1v) is 8.36. The van der Waals surface area contributed by atoms with Gasteiger partial charge in [-0.1, -0.05) is 6.07 Å². The maximum absolute atomic E-state index is 12.5. The minimum Gasteiger partial charge on any atom is -0.465 e. The Hall–Kier alpha value is -2.68. The van der Waals surface area contributed by atoms with E-state index in [0.29, 0.717) is 5.71 Å². The average molecular weight is 363 g/mol. The van der Waals surface area contributed by atoms with Gasteiger partial charge in [-0.15, -0.1) is 16.9 Å². The molecular formula is C16H17N3O5S. The minimum absolute atomic E-state index is 0.192. The molecule has 1 fully saturated rings. The van der Waals surface area contributed by atoms with Crippen molar-refractivity contribution in [3.63, 3.8) is 0 Å². The van der Waals surface area contributed by atoms with Crippen LogP contribution in [0.25, 0.3) is 0 Å². The number of esters is 1. The number of hydrogen-bond donors (Lipinski definition) is 1. The molecule has 1 aliphatic rings. The molecule has 1 amide bonds. The van der Waals surface area contributed by atoms with Gasteiger partial charge in [-0.25, -0.2) is 4.79 Å². The van der Waals surface area contributed by atoms with E-state index in [0.717, 1.165) is 11.8 Å². The normalized spacial score (nSPS) is 16.8. The molecule has 0 aromatic heterocycles. The lowest BCUT2D eigenvalue weighted by Gasteiger charge is -2.11. The third kappa shape index (κ3) is 5.15. The van der Waals surface area contributed by atoms with Crippen LogP contribution < -0.4 is 10.1 Å². The highest BCUT2D eigenvalue weighted by atomic mass is 32.2. The number of thioether (sulfide) groups is 1. The van der Waals surface area contributed by atoms with E-state index in [1.54, 1.807) is 32.0 Å². The Labute approximate surface area is 148 Å². The van der Waals surface area contributed by atoms with E-state index in [-0.39, 0.29) is 28.9 Å². The van der Waals surface area contributed by atoms with Crippen LogP contribution in [0.15, 0.2) is 34.5 Å². The third-order valence-electron chi connectivity index (χ3n) is 2.93. The quantitative estimate of drug-likeness (QED) is 0.367. The summed E-state index contributed by atoms with van der Waals surface area (Å²) in [7, 11) is 1.27. The summed E-state index contributed by atoms with van der Waals surface area (Å²) in [6.45, 7) is 3.44. The fraction of sp³-hybridized carbons (Fsp3) is 0.312. The molecule has 1 heterocycles. The van der Waals surface area contributed by atoms with Crippen molar-refractivity contribution in [1.82, 2.24) is 5.32 Å². The Balaban J connectivity index is 2.26. The number of ketones is 1. The molecule has 0 spiro atoms. The van der Waals surface area contributed by atoms with Crippen LogP contribution in [-0.2, 0) is 14.3 Å². The Kier molecular flexibility index (Phi) is 6.29. The number of amides is 1. The Bertz CT molecular complexity index is 756. The predicted molar refractivity (Wildman–Crippen MR) is 94.0 cm³/mol. The van der Waals surface area contributed by atoms with Crippen molar-refractivity contribution in [2.75, 3.05) is 12.9 Å². The van der Waals surface area contributed by atoms with Gasteiger partial charge < -0.3 is 14.8 Å². The van der Waals surface area contributed by atoms with E-state index in [1.807, 2.05) is 0 Å². The predicted octanol–water partition coefficient (Wildman–Crippen LogP) is 1.40. The molecule has 2 rings (SSSR count). The standard InChI is InChI=1S/C16H17N3O5S/c1-9(2)18-19-14(13(21)15-17-12(20)8-25-15)24-11-6-4-5-10(7-11)16(22)23-3/h4-7,15H,8H2,1-3H3,(H,17,20)/b19-14+. The number of nitrogens with zero attached hydrogens (tertiary/aromatic N) is 2. The van der Waals surface area contributed by atoms with Crippen molar-refractivity contribution in [3.05, 3.63) is 29.8 Å². The van der Waals surface area contributed by atoms with Gasteiger partial charge in [-0.3, -0.25) is 9.59 Å². The van der Waals surface area contributed by atoms with Gasteiger partial charge in [-0.05, 0) is 32.0 Å². The molecule has 1 aromatic carbocycles. The van der Waals surface area contributed by atoms with E-state index in [1.165, 1.54) is 13.2 Å². The van der Waals surface area contributed by atoms with Crippen LogP contribution in [0.2, 0.25) is 0 Å². The Morgan fingerprint density at radius 2 is 2.04 bits per heavy atom. The maximum atomic E-state index is 12.5. The molecule has 1 saturated heterocycles. The average Bonchev–Trinajstić information content (AvgIpc) is 3.03. The molecule has 9 heteroatoms. The zero-order valence-corrected chi connectivity index (χ0v) is 14.8. The summed E-state index contributed by atoms with van der Waals surface area (Å²) in [5, 5.41) is 9.45. The smallest absolute Gasteiger partial charge is 0.337 e. The molecular weight excluding hydrogens is 346 g/mol. The number of nitrogens with one attached hydrogen (secondary N) is 1. The fourth-order valence-corrected chi connectivity index (χ4v) is 2.69. The van der Waals surface area contributed by atoms with Crippen molar-refractivity contribution < 1.29 is 23.9 Å². The lowest BCUT2D eigenvalue weighted by molar-refractivity contribution is -0.121. The molecule has 1 aliphatic heterocycles. The number of benzene rings is 1. The number of carbonyl (C=O) groups excluding carboxylic acids is 3. The summed E-state index contributed by atoms with van der Waals surface area (Å²) in [6.07, 6.45) is 0. The summed E-state index contributed by atoms with van der Waals surface area (Å²) < 4.78 is 10.2. The van der Waals surface area contributed by atoms with E-state index < -0.39 is 17.1 Å². The minimum atomic E-state index is -0.776. The SMILES string of the molecule is COC(=O)c1cccc(O/C(=N/N=C(C)C)C(=O)C2NC(=O)CS2)c1. The van der Waals surface area contributed by atoms with Gasteiger partial charge in [0.25, 0.3) is 11.7 Å². The topological polar surface area (TPSA) is 106 Å². The van der Waals surface area contributed by atoms with Crippen LogP contribution in [0.5, 0.6) is 5.75 Å². The zero-order valence-electron chi connectivity index (χ0n) is 13.9. The highest BCUT2D eigenvalue weighted by Gasteiger charge is 2.32. The number of carbonyl (C=O) groups is 3. The summed E-state index contributed by atoms with van der Waals surface area (Å²) >= 11 is 1.15. The summed E-state index contributed by atoms with van der Waals surface area (Å²) in [5.41, 5.74) is 0.894. The molecule has 1 atom stereocenters. The van der Waals surface area contributed by atoms with E-state index in [4.69, 9.17) is 4.74 Å². The molecule has 0 saturated carbocycles. The van der Waals surface area contributed by atoms with Crippen molar-refractivity contribution in [2.24, 2.45) is 10.2 Å². The van der Waals surface area contributed by atoms with Crippen molar-refractivity contribution in [3.8, 4) is 5.75 Å². The monoisotopic (exact) mass is 363 g/mol. The van der Waals surface area contributed by atoms with Crippen LogP contribution in [0.4, 0.5) is 0 Å². The highest BCUT2D eigenvalue weighted by molar-refractivity contribution is 8.01. The Morgan fingerprint density at radius 1 is 1.28 bits per heavy atom. The van der Waals surface area contributed by atoms with Gasteiger partial charge in [-0.2, -0.15) is 5.10 Å². The lowest BCUT2D eigenvalue weighted by atomic mass is 10.2. The number of rotatable bonds is 5. The van der Waals surface area contributed by atoms with E-state index in [9.17, 15) is 14.4 Å². The zero-order chi connectivity index (χ0) is 18.4. The van der Waals surface area contributed by atoms with Gasteiger partial charge in [0.05, 0.1) is 18.4 Å². The maximum Gasteiger partial charge on any atom is 0.337 e. The molecule has 1 unspecified atom stereocenters. The van der Waals surface area contributed by atoms with Gasteiger partial charge in [0, 0.05) is 5.71 Å². The molecule has 0 radical (unpaired) electrons. The molecule has 8 nitrogen and oxygen atoms in total. The van der Waals surface area contributed by atoms with Gasteiger partial charge in [0.1, 0.15) is 11.1 Å². The van der Waals surface area contributed by atoms with Gasteiger partial charge >= 0.3 is 5.97 Å².